The standard InChI is InChI=1S/C18H24N2O/c1-4-14(2)19-18(21)20(3)13-12-16-10-7-9-15-8-5-6-11-17(15)16/h5-11,14H,4,12-13H2,1-3H3,(H,19,21)/t14-/m0/s1. The summed E-state index contributed by atoms with van der Waals surface area (Å²) in [6.07, 6.45) is 1.81. The number of rotatable bonds is 5. The zero-order valence-electron chi connectivity index (χ0n) is 13.1. The molecule has 21 heavy (non-hydrogen) atoms. The van der Waals surface area contributed by atoms with Gasteiger partial charge in [0.2, 0.25) is 0 Å². The molecule has 0 fully saturated rings. The molecular weight excluding hydrogens is 260 g/mol. The summed E-state index contributed by atoms with van der Waals surface area (Å²) < 4.78 is 0. The van der Waals surface area contributed by atoms with E-state index in [1.54, 1.807) is 4.90 Å². The minimum Gasteiger partial charge on any atom is -0.336 e. The minimum atomic E-state index is 0.00425. The van der Waals surface area contributed by atoms with Crippen molar-refractivity contribution in [3.8, 4) is 0 Å². The maximum absolute atomic E-state index is 12.0. The highest BCUT2D eigenvalue weighted by molar-refractivity contribution is 5.85. The van der Waals surface area contributed by atoms with Gasteiger partial charge in [0.1, 0.15) is 0 Å². The first-order valence-corrected chi connectivity index (χ1v) is 7.60. The second-order valence-corrected chi connectivity index (χ2v) is 5.57. The first-order valence-electron chi connectivity index (χ1n) is 7.60. The molecule has 0 aromatic heterocycles. The number of urea groups is 1. The molecule has 2 rings (SSSR count). The summed E-state index contributed by atoms with van der Waals surface area (Å²) in [5.41, 5.74) is 1.29. The van der Waals surface area contributed by atoms with Crippen molar-refractivity contribution in [2.24, 2.45) is 0 Å². The van der Waals surface area contributed by atoms with Crippen LogP contribution in [0.25, 0.3) is 10.8 Å². The van der Waals surface area contributed by atoms with Crippen molar-refractivity contribution in [3.05, 3.63) is 48.0 Å². The van der Waals surface area contributed by atoms with Gasteiger partial charge in [0.15, 0.2) is 0 Å². The SMILES string of the molecule is CC[C@H](C)NC(=O)N(C)CCc1cccc2ccccc12. The van der Waals surface area contributed by atoms with Crippen LogP contribution in [0.5, 0.6) is 0 Å². The van der Waals surface area contributed by atoms with E-state index in [0.717, 1.165) is 19.4 Å². The molecule has 0 heterocycles. The van der Waals surface area contributed by atoms with Crippen LogP contribution in [0.1, 0.15) is 25.8 Å². The Labute approximate surface area is 127 Å². The number of hydrogen-bond acceptors (Lipinski definition) is 1. The lowest BCUT2D eigenvalue weighted by Gasteiger charge is -2.21. The largest absolute Gasteiger partial charge is 0.336 e. The minimum absolute atomic E-state index is 0.00425. The number of amides is 2. The van der Waals surface area contributed by atoms with Gasteiger partial charge in [-0.1, -0.05) is 49.4 Å². The van der Waals surface area contributed by atoms with Crippen LogP contribution in [0.15, 0.2) is 42.5 Å². The third-order valence-corrected chi connectivity index (χ3v) is 3.93. The van der Waals surface area contributed by atoms with Crippen LogP contribution in [-0.2, 0) is 6.42 Å². The van der Waals surface area contributed by atoms with Gasteiger partial charge in [0.05, 0.1) is 0 Å². The van der Waals surface area contributed by atoms with Crippen LogP contribution >= 0.6 is 0 Å². The van der Waals surface area contributed by atoms with Gasteiger partial charge in [0.25, 0.3) is 0 Å². The van der Waals surface area contributed by atoms with E-state index in [4.69, 9.17) is 0 Å². The molecule has 2 aromatic rings. The molecule has 0 aliphatic carbocycles. The van der Waals surface area contributed by atoms with Crippen LogP contribution in [0.3, 0.4) is 0 Å². The molecule has 0 aliphatic heterocycles. The van der Waals surface area contributed by atoms with Crippen LogP contribution in [-0.4, -0.2) is 30.6 Å². The fourth-order valence-electron chi connectivity index (χ4n) is 2.32. The molecule has 0 saturated heterocycles. The van der Waals surface area contributed by atoms with E-state index in [1.165, 1.54) is 16.3 Å². The van der Waals surface area contributed by atoms with Gasteiger partial charge in [-0.3, -0.25) is 0 Å². The number of carbonyl (C=O) groups is 1. The van der Waals surface area contributed by atoms with E-state index in [0.29, 0.717) is 0 Å². The molecule has 3 heteroatoms. The van der Waals surface area contributed by atoms with Gasteiger partial charge in [-0.05, 0) is 36.1 Å². The normalized spacial score (nSPS) is 12.1. The smallest absolute Gasteiger partial charge is 0.317 e. The van der Waals surface area contributed by atoms with E-state index in [9.17, 15) is 4.79 Å². The molecular formula is C18H24N2O. The summed E-state index contributed by atoms with van der Waals surface area (Å²) in [6, 6.07) is 14.9. The molecule has 1 atom stereocenters. The highest BCUT2D eigenvalue weighted by Crippen LogP contribution is 2.18. The van der Waals surface area contributed by atoms with Crippen LogP contribution in [0, 0.1) is 0 Å². The third kappa shape index (κ3) is 3.97. The molecule has 0 spiro atoms. The van der Waals surface area contributed by atoms with Gasteiger partial charge >= 0.3 is 6.03 Å². The molecule has 0 saturated carbocycles. The second-order valence-electron chi connectivity index (χ2n) is 5.57. The molecule has 2 aromatic carbocycles. The van der Waals surface area contributed by atoms with Gasteiger partial charge < -0.3 is 10.2 Å². The molecule has 0 bridgehead atoms. The molecule has 3 nitrogen and oxygen atoms in total. The highest BCUT2D eigenvalue weighted by atomic mass is 16.2. The third-order valence-electron chi connectivity index (χ3n) is 3.93. The lowest BCUT2D eigenvalue weighted by Crippen LogP contribution is -2.42. The van der Waals surface area contributed by atoms with Crippen LogP contribution in [0.4, 0.5) is 4.79 Å². The fraction of sp³-hybridized carbons (Fsp3) is 0.389. The summed E-state index contributed by atoms with van der Waals surface area (Å²) in [5, 5.41) is 5.52. The number of fused-ring (bicyclic) bond motifs is 1. The van der Waals surface area contributed by atoms with Crippen LogP contribution < -0.4 is 5.32 Å². The van der Waals surface area contributed by atoms with Gasteiger partial charge in [-0.25, -0.2) is 4.79 Å². The van der Waals surface area contributed by atoms with Crippen molar-refractivity contribution in [2.75, 3.05) is 13.6 Å². The number of nitrogens with one attached hydrogen (secondary N) is 1. The fourth-order valence-corrected chi connectivity index (χ4v) is 2.32. The number of nitrogens with zero attached hydrogens (tertiary/aromatic N) is 1. The quantitative estimate of drug-likeness (QED) is 0.889. The first kappa shape index (κ1) is 15.4. The Balaban J connectivity index is 2.00. The van der Waals surface area contributed by atoms with E-state index in [1.807, 2.05) is 14.0 Å². The number of likely N-dealkylation sites (N-methyl/N-ethyl adjacent to an activating group) is 1. The predicted octanol–water partition coefficient (Wildman–Crippen LogP) is 3.82. The Kier molecular flexibility index (Phi) is 5.20. The summed E-state index contributed by atoms with van der Waals surface area (Å²) in [5.74, 6) is 0. The zero-order chi connectivity index (χ0) is 15.2. The first-order chi connectivity index (χ1) is 10.1. The Morgan fingerprint density at radius 3 is 2.67 bits per heavy atom. The Morgan fingerprint density at radius 2 is 1.90 bits per heavy atom. The maximum atomic E-state index is 12.0. The number of carbonyl (C=O) groups excluding carboxylic acids is 1. The monoisotopic (exact) mass is 284 g/mol. The second kappa shape index (κ2) is 7.11. The van der Waals surface area contributed by atoms with Gasteiger partial charge in [-0.2, -0.15) is 0 Å². The van der Waals surface area contributed by atoms with Crippen molar-refractivity contribution in [3.63, 3.8) is 0 Å². The summed E-state index contributed by atoms with van der Waals surface area (Å²) in [4.78, 5) is 13.8. The van der Waals surface area contributed by atoms with Crippen molar-refractivity contribution in [1.82, 2.24) is 10.2 Å². The van der Waals surface area contributed by atoms with Crippen LogP contribution in [0.2, 0.25) is 0 Å². The maximum Gasteiger partial charge on any atom is 0.317 e. The lowest BCUT2D eigenvalue weighted by molar-refractivity contribution is 0.205. The van der Waals surface area contributed by atoms with Crippen molar-refractivity contribution in [2.45, 2.75) is 32.7 Å². The van der Waals surface area contributed by atoms with Crippen molar-refractivity contribution in [1.29, 1.82) is 0 Å². The molecule has 112 valence electrons. The van der Waals surface area contributed by atoms with E-state index < -0.39 is 0 Å². The average molecular weight is 284 g/mol. The number of hydrogen-bond donors (Lipinski definition) is 1. The lowest BCUT2D eigenvalue weighted by atomic mass is 10.0. The molecule has 0 unspecified atom stereocenters. The zero-order valence-corrected chi connectivity index (χ0v) is 13.1. The Morgan fingerprint density at radius 1 is 1.19 bits per heavy atom. The summed E-state index contributed by atoms with van der Waals surface area (Å²) in [6.45, 7) is 4.81. The molecule has 1 N–H and O–H groups in total. The van der Waals surface area contributed by atoms with E-state index >= 15 is 0 Å². The average Bonchev–Trinajstić information content (AvgIpc) is 2.52. The summed E-state index contributed by atoms with van der Waals surface area (Å²) in [7, 11) is 1.85. The summed E-state index contributed by atoms with van der Waals surface area (Å²) >= 11 is 0. The van der Waals surface area contributed by atoms with Crippen molar-refractivity contribution < 1.29 is 4.79 Å². The van der Waals surface area contributed by atoms with E-state index in [2.05, 4.69) is 54.7 Å². The number of benzene rings is 2. The van der Waals surface area contributed by atoms with E-state index in [-0.39, 0.29) is 12.1 Å². The van der Waals surface area contributed by atoms with Gasteiger partial charge in [-0.15, -0.1) is 0 Å². The topological polar surface area (TPSA) is 32.3 Å². The van der Waals surface area contributed by atoms with Crippen molar-refractivity contribution >= 4 is 16.8 Å². The molecule has 0 aliphatic rings. The Hall–Kier alpha value is -2.03. The van der Waals surface area contributed by atoms with Gasteiger partial charge in [0, 0.05) is 19.6 Å². The Bertz CT molecular complexity index is 604. The molecule has 0 radical (unpaired) electrons. The highest BCUT2D eigenvalue weighted by Gasteiger charge is 2.11. The molecule has 2 amide bonds. The predicted molar refractivity (Wildman–Crippen MR) is 88.6 cm³/mol.